The molecule has 0 atom stereocenters. The lowest BCUT2D eigenvalue weighted by Gasteiger charge is -2.14. The lowest BCUT2D eigenvalue weighted by atomic mass is 10.1. The van der Waals surface area contributed by atoms with Crippen molar-refractivity contribution in [2.45, 2.75) is 24.2 Å². The lowest BCUT2D eigenvalue weighted by molar-refractivity contribution is 0.0696. The lowest BCUT2D eigenvalue weighted by Crippen LogP contribution is -2.16. The molecule has 3 aromatic rings. The number of carboxylic acids is 1. The van der Waals surface area contributed by atoms with Gasteiger partial charge in [0.05, 0.1) is 16.1 Å². The molecule has 0 aliphatic heterocycles. The van der Waals surface area contributed by atoms with E-state index in [2.05, 4.69) is 9.71 Å². The SMILES string of the molecule is O=C(O)c1cc2c(c(S(=O)(=O)Nc3cccc4[nH]ccc34)c1)CCC2. The molecule has 0 bridgehead atoms. The zero-order chi connectivity index (χ0) is 17.6. The van der Waals surface area contributed by atoms with E-state index in [-0.39, 0.29) is 10.5 Å². The number of carbonyl (C=O) groups is 1. The largest absolute Gasteiger partial charge is 0.478 e. The second-order valence-electron chi connectivity index (χ2n) is 6.12. The van der Waals surface area contributed by atoms with E-state index in [1.54, 1.807) is 30.5 Å². The van der Waals surface area contributed by atoms with Gasteiger partial charge in [-0.05, 0) is 60.7 Å². The molecule has 1 heterocycles. The number of nitrogens with one attached hydrogen (secondary N) is 2. The number of hydrogen-bond donors (Lipinski definition) is 3. The molecule has 1 aliphatic carbocycles. The summed E-state index contributed by atoms with van der Waals surface area (Å²) in [6.45, 7) is 0. The number of rotatable bonds is 4. The number of aromatic carboxylic acids is 1. The van der Waals surface area contributed by atoms with Gasteiger partial charge in [0.2, 0.25) is 0 Å². The van der Waals surface area contributed by atoms with Crippen LogP contribution < -0.4 is 4.72 Å². The molecule has 25 heavy (non-hydrogen) atoms. The summed E-state index contributed by atoms with van der Waals surface area (Å²) >= 11 is 0. The summed E-state index contributed by atoms with van der Waals surface area (Å²) in [5.41, 5.74) is 2.82. The van der Waals surface area contributed by atoms with Crippen LogP contribution >= 0.6 is 0 Å². The third-order valence-electron chi connectivity index (χ3n) is 4.55. The fourth-order valence-corrected chi connectivity index (χ4v) is 4.82. The Kier molecular flexibility index (Phi) is 3.54. The van der Waals surface area contributed by atoms with Crippen LogP contribution in [0, 0.1) is 0 Å². The van der Waals surface area contributed by atoms with Crippen molar-refractivity contribution in [1.29, 1.82) is 0 Å². The molecule has 3 N–H and O–H groups in total. The summed E-state index contributed by atoms with van der Waals surface area (Å²) in [6.07, 6.45) is 3.91. The first-order valence-electron chi connectivity index (χ1n) is 7.94. The van der Waals surface area contributed by atoms with Crippen LogP contribution in [0.3, 0.4) is 0 Å². The minimum absolute atomic E-state index is 0.000813. The van der Waals surface area contributed by atoms with Crippen LogP contribution in [0.5, 0.6) is 0 Å². The molecule has 2 aromatic carbocycles. The molecule has 0 saturated carbocycles. The average Bonchev–Trinajstić information content (AvgIpc) is 3.22. The van der Waals surface area contributed by atoms with E-state index in [9.17, 15) is 18.3 Å². The van der Waals surface area contributed by atoms with Crippen molar-refractivity contribution in [3.8, 4) is 0 Å². The monoisotopic (exact) mass is 356 g/mol. The first-order chi connectivity index (χ1) is 12.0. The van der Waals surface area contributed by atoms with Crippen molar-refractivity contribution in [3.05, 3.63) is 59.3 Å². The average molecular weight is 356 g/mol. The van der Waals surface area contributed by atoms with Gasteiger partial charge in [0.25, 0.3) is 10.0 Å². The first kappa shape index (κ1) is 15.7. The molecule has 4 rings (SSSR count). The maximum absolute atomic E-state index is 13.0. The fraction of sp³-hybridized carbons (Fsp3) is 0.167. The van der Waals surface area contributed by atoms with Crippen LogP contribution in [0.25, 0.3) is 10.9 Å². The van der Waals surface area contributed by atoms with E-state index in [1.165, 1.54) is 6.07 Å². The minimum atomic E-state index is -3.89. The Morgan fingerprint density at radius 1 is 1.16 bits per heavy atom. The predicted molar refractivity (Wildman–Crippen MR) is 94.5 cm³/mol. The molecule has 0 saturated heterocycles. The molecule has 0 unspecified atom stereocenters. The molecule has 0 fully saturated rings. The van der Waals surface area contributed by atoms with Crippen LogP contribution in [-0.4, -0.2) is 24.5 Å². The van der Waals surface area contributed by atoms with Crippen LogP contribution in [0.4, 0.5) is 5.69 Å². The highest BCUT2D eigenvalue weighted by Crippen LogP contribution is 2.32. The van der Waals surface area contributed by atoms with E-state index in [0.29, 0.717) is 18.5 Å². The maximum atomic E-state index is 13.0. The van der Waals surface area contributed by atoms with E-state index in [0.717, 1.165) is 28.5 Å². The van der Waals surface area contributed by atoms with Crippen molar-refractivity contribution in [2.24, 2.45) is 0 Å². The fourth-order valence-electron chi connectivity index (χ4n) is 3.40. The molecule has 128 valence electrons. The third-order valence-corrected chi connectivity index (χ3v) is 5.98. The van der Waals surface area contributed by atoms with Gasteiger partial charge in [0, 0.05) is 17.1 Å². The Hall–Kier alpha value is -2.80. The molecule has 0 spiro atoms. The second kappa shape index (κ2) is 5.63. The van der Waals surface area contributed by atoms with E-state index in [1.807, 2.05) is 6.07 Å². The zero-order valence-corrected chi connectivity index (χ0v) is 14.1. The smallest absolute Gasteiger partial charge is 0.335 e. The van der Waals surface area contributed by atoms with E-state index in [4.69, 9.17) is 0 Å². The van der Waals surface area contributed by atoms with Gasteiger partial charge in [0.1, 0.15) is 0 Å². The van der Waals surface area contributed by atoms with Gasteiger partial charge in [-0.1, -0.05) is 6.07 Å². The Morgan fingerprint density at radius 3 is 2.80 bits per heavy atom. The normalized spacial score (nSPS) is 13.8. The summed E-state index contributed by atoms with van der Waals surface area (Å²) in [4.78, 5) is 14.5. The second-order valence-corrected chi connectivity index (χ2v) is 7.77. The summed E-state index contributed by atoms with van der Waals surface area (Å²) in [6, 6.07) is 9.94. The highest BCUT2D eigenvalue weighted by molar-refractivity contribution is 7.92. The molecule has 7 heteroatoms. The number of hydrogen-bond acceptors (Lipinski definition) is 3. The highest BCUT2D eigenvalue weighted by Gasteiger charge is 2.26. The molecule has 1 aromatic heterocycles. The number of aromatic amines is 1. The van der Waals surface area contributed by atoms with Gasteiger partial charge in [-0.25, -0.2) is 13.2 Å². The van der Waals surface area contributed by atoms with Crippen molar-refractivity contribution >= 4 is 32.6 Å². The molecular formula is C18H16N2O4S. The van der Waals surface area contributed by atoms with Crippen molar-refractivity contribution in [1.82, 2.24) is 4.98 Å². The van der Waals surface area contributed by atoms with Crippen LogP contribution in [0.2, 0.25) is 0 Å². The maximum Gasteiger partial charge on any atom is 0.335 e. The number of fused-ring (bicyclic) bond motifs is 2. The quantitative estimate of drug-likeness (QED) is 0.668. The summed E-state index contributed by atoms with van der Waals surface area (Å²) in [5.74, 6) is -1.13. The van der Waals surface area contributed by atoms with Gasteiger partial charge in [0.15, 0.2) is 0 Å². The first-order valence-corrected chi connectivity index (χ1v) is 9.42. The predicted octanol–water partition coefficient (Wildman–Crippen LogP) is 3.16. The number of sulfonamides is 1. The summed E-state index contributed by atoms with van der Waals surface area (Å²) in [7, 11) is -3.89. The van der Waals surface area contributed by atoms with Gasteiger partial charge >= 0.3 is 5.97 Å². The molecule has 0 radical (unpaired) electrons. The topological polar surface area (TPSA) is 99.3 Å². The number of anilines is 1. The van der Waals surface area contributed by atoms with Crippen LogP contribution in [0.15, 0.2) is 47.5 Å². The summed E-state index contributed by atoms with van der Waals surface area (Å²) in [5, 5.41) is 10.1. The van der Waals surface area contributed by atoms with Crippen LogP contribution in [-0.2, 0) is 22.9 Å². The molecule has 0 amide bonds. The molecular weight excluding hydrogens is 340 g/mol. The van der Waals surface area contributed by atoms with Gasteiger partial charge in [-0.3, -0.25) is 4.72 Å². The van der Waals surface area contributed by atoms with Crippen molar-refractivity contribution in [2.75, 3.05) is 4.72 Å². The number of aryl methyl sites for hydroxylation is 1. The van der Waals surface area contributed by atoms with Crippen molar-refractivity contribution in [3.63, 3.8) is 0 Å². The third kappa shape index (κ3) is 2.66. The number of H-pyrrole nitrogens is 1. The number of carboxylic acid groups (broad SMARTS) is 1. The summed E-state index contributed by atoms with van der Waals surface area (Å²) < 4.78 is 28.6. The standard InChI is InChI=1S/C18H16N2O4S/c21-18(22)12-9-11-3-1-4-13(11)17(10-12)25(23,24)20-16-6-2-5-15-14(16)7-8-19-15/h2,5-10,19-20H,1,3-4H2,(H,21,22). The van der Waals surface area contributed by atoms with Crippen LogP contribution in [0.1, 0.15) is 27.9 Å². The van der Waals surface area contributed by atoms with Gasteiger partial charge in [-0.2, -0.15) is 0 Å². The van der Waals surface area contributed by atoms with Gasteiger partial charge < -0.3 is 10.1 Å². The minimum Gasteiger partial charge on any atom is -0.478 e. The molecule has 6 nitrogen and oxygen atoms in total. The van der Waals surface area contributed by atoms with Gasteiger partial charge in [-0.15, -0.1) is 0 Å². The number of aromatic nitrogens is 1. The Labute approximate surface area is 144 Å². The van der Waals surface area contributed by atoms with E-state index >= 15 is 0 Å². The Balaban J connectivity index is 1.83. The number of benzene rings is 2. The van der Waals surface area contributed by atoms with Crippen molar-refractivity contribution < 1.29 is 18.3 Å². The molecule has 1 aliphatic rings. The van der Waals surface area contributed by atoms with E-state index < -0.39 is 16.0 Å². The zero-order valence-electron chi connectivity index (χ0n) is 13.2. The Bertz CT molecular complexity index is 1100. The Morgan fingerprint density at radius 2 is 2.00 bits per heavy atom. The highest BCUT2D eigenvalue weighted by atomic mass is 32.2.